The number of fused-ring (bicyclic) bond motifs is 1. The number of carbonyl (C=O) groups excluding carboxylic acids is 1. The van der Waals surface area contributed by atoms with Gasteiger partial charge in [0.15, 0.2) is 5.78 Å². The Hall–Kier alpha value is -2.86. The third-order valence-corrected chi connectivity index (χ3v) is 4.99. The van der Waals surface area contributed by atoms with Crippen molar-refractivity contribution in [1.82, 2.24) is 14.9 Å². The van der Waals surface area contributed by atoms with Gasteiger partial charge in [-0.25, -0.2) is 4.79 Å². The van der Waals surface area contributed by atoms with E-state index in [9.17, 15) is 9.59 Å². The van der Waals surface area contributed by atoms with Crippen molar-refractivity contribution in [3.05, 3.63) is 64.1 Å². The highest BCUT2D eigenvalue weighted by Gasteiger charge is 2.09. The fourth-order valence-corrected chi connectivity index (χ4v) is 3.35. The van der Waals surface area contributed by atoms with Crippen LogP contribution in [0.3, 0.4) is 0 Å². The van der Waals surface area contributed by atoms with E-state index >= 15 is 0 Å². The summed E-state index contributed by atoms with van der Waals surface area (Å²) in [5.41, 5.74) is 3.00. The van der Waals surface area contributed by atoms with E-state index in [2.05, 4.69) is 28.0 Å². The van der Waals surface area contributed by atoms with Crippen LogP contribution in [0.1, 0.15) is 35.2 Å². The summed E-state index contributed by atoms with van der Waals surface area (Å²) in [5, 5.41) is 0. The number of aromatic nitrogens is 2. The van der Waals surface area contributed by atoms with Crippen molar-refractivity contribution in [2.45, 2.75) is 25.7 Å². The standard InChI is InChI=1S/C22H27N3O3/c1-25(14-12-16-7-3-4-9-21(16)28-2)13-6-5-8-20(26)17-10-11-18-19(15-17)24-22(27)23-18/h3-4,7,9-11,15H,5-6,8,12-14H2,1-2H3,(H2,23,24,27). The molecule has 0 spiro atoms. The maximum absolute atomic E-state index is 12.4. The fourth-order valence-electron chi connectivity index (χ4n) is 3.35. The zero-order chi connectivity index (χ0) is 19.9. The monoisotopic (exact) mass is 381 g/mol. The molecule has 28 heavy (non-hydrogen) atoms. The van der Waals surface area contributed by atoms with Crippen molar-refractivity contribution in [1.29, 1.82) is 0 Å². The molecule has 0 aliphatic carbocycles. The first-order valence-corrected chi connectivity index (χ1v) is 9.62. The van der Waals surface area contributed by atoms with Gasteiger partial charge in [-0.1, -0.05) is 18.2 Å². The van der Waals surface area contributed by atoms with Crippen LogP contribution in [0.15, 0.2) is 47.3 Å². The molecule has 2 N–H and O–H groups in total. The van der Waals surface area contributed by atoms with Crippen LogP contribution >= 0.6 is 0 Å². The molecule has 6 heteroatoms. The van der Waals surface area contributed by atoms with Crippen LogP contribution in [0.5, 0.6) is 5.75 Å². The van der Waals surface area contributed by atoms with Crippen LogP contribution in [0.25, 0.3) is 11.0 Å². The van der Waals surface area contributed by atoms with Gasteiger partial charge in [0, 0.05) is 18.5 Å². The van der Waals surface area contributed by atoms with Crippen LogP contribution in [0.4, 0.5) is 0 Å². The molecular formula is C22H27N3O3. The molecule has 0 aliphatic heterocycles. The second-order valence-corrected chi connectivity index (χ2v) is 7.08. The molecule has 0 amide bonds. The molecule has 0 atom stereocenters. The molecule has 0 radical (unpaired) electrons. The number of hydrogen-bond donors (Lipinski definition) is 2. The molecule has 0 saturated carbocycles. The molecule has 1 aromatic heterocycles. The number of H-pyrrole nitrogens is 2. The van der Waals surface area contributed by atoms with E-state index in [1.165, 1.54) is 5.56 Å². The lowest BCUT2D eigenvalue weighted by atomic mass is 10.0. The maximum atomic E-state index is 12.4. The van der Waals surface area contributed by atoms with Crippen LogP contribution in [0.2, 0.25) is 0 Å². The van der Waals surface area contributed by atoms with Gasteiger partial charge in [0.1, 0.15) is 5.75 Å². The Kier molecular flexibility index (Phi) is 6.66. The number of imidazole rings is 1. The van der Waals surface area contributed by atoms with Gasteiger partial charge >= 0.3 is 5.69 Å². The number of Topliss-reactive ketones (excluding diaryl/α,β-unsaturated/α-hetero) is 1. The van der Waals surface area contributed by atoms with Crippen molar-refractivity contribution < 1.29 is 9.53 Å². The van der Waals surface area contributed by atoms with Crippen molar-refractivity contribution in [3.63, 3.8) is 0 Å². The first kappa shape index (κ1) is 19.9. The number of nitrogens with one attached hydrogen (secondary N) is 2. The molecule has 0 unspecified atom stereocenters. The van der Waals surface area contributed by atoms with E-state index in [1.54, 1.807) is 25.3 Å². The van der Waals surface area contributed by atoms with Gasteiger partial charge in [-0.05, 0) is 62.7 Å². The number of nitrogens with zero attached hydrogens (tertiary/aromatic N) is 1. The Morgan fingerprint density at radius 1 is 1.04 bits per heavy atom. The summed E-state index contributed by atoms with van der Waals surface area (Å²) < 4.78 is 5.40. The van der Waals surface area contributed by atoms with Crippen molar-refractivity contribution in [3.8, 4) is 5.75 Å². The summed E-state index contributed by atoms with van der Waals surface area (Å²) in [6.07, 6.45) is 3.27. The van der Waals surface area contributed by atoms with E-state index in [4.69, 9.17) is 4.74 Å². The van der Waals surface area contributed by atoms with E-state index in [0.717, 1.165) is 43.6 Å². The highest BCUT2D eigenvalue weighted by atomic mass is 16.5. The van der Waals surface area contributed by atoms with Crippen LogP contribution in [0, 0.1) is 0 Å². The van der Waals surface area contributed by atoms with Gasteiger partial charge in [-0.3, -0.25) is 4.79 Å². The number of aromatic amines is 2. The molecule has 0 fully saturated rings. The predicted molar refractivity (Wildman–Crippen MR) is 111 cm³/mol. The highest BCUT2D eigenvalue weighted by molar-refractivity contribution is 5.98. The molecule has 3 aromatic rings. The normalized spacial score (nSPS) is 11.2. The van der Waals surface area contributed by atoms with Crippen molar-refractivity contribution in [2.24, 2.45) is 0 Å². The van der Waals surface area contributed by atoms with Crippen molar-refractivity contribution >= 4 is 16.8 Å². The minimum Gasteiger partial charge on any atom is -0.496 e. The van der Waals surface area contributed by atoms with E-state index in [0.29, 0.717) is 17.5 Å². The lowest BCUT2D eigenvalue weighted by Crippen LogP contribution is -2.22. The summed E-state index contributed by atoms with van der Waals surface area (Å²) in [7, 11) is 3.80. The fraction of sp³-hybridized carbons (Fsp3) is 0.364. The molecule has 2 aromatic carbocycles. The Morgan fingerprint density at radius 3 is 2.64 bits per heavy atom. The number of unbranched alkanes of at least 4 members (excludes halogenated alkanes) is 1. The molecule has 0 bridgehead atoms. The predicted octanol–water partition coefficient (Wildman–Crippen LogP) is 3.39. The molecule has 148 valence electrons. The topological polar surface area (TPSA) is 78.2 Å². The Balaban J connectivity index is 1.40. The molecule has 1 heterocycles. The number of ether oxygens (including phenoxy) is 1. The van der Waals surface area contributed by atoms with Gasteiger partial charge in [0.25, 0.3) is 0 Å². The summed E-state index contributed by atoms with van der Waals surface area (Å²) in [5.74, 6) is 1.04. The average molecular weight is 381 g/mol. The Labute approximate surface area is 164 Å². The quantitative estimate of drug-likeness (QED) is 0.417. The van der Waals surface area contributed by atoms with Crippen molar-refractivity contribution in [2.75, 3.05) is 27.2 Å². The number of hydrogen-bond acceptors (Lipinski definition) is 4. The SMILES string of the molecule is COc1ccccc1CCN(C)CCCCC(=O)c1ccc2[nH]c(=O)[nH]c2c1. The number of para-hydroxylation sites is 1. The first-order valence-electron chi connectivity index (χ1n) is 9.62. The molecule has 0 aliphatic rings. The lowest BCUT2D eigenvalue weighted by Gasteiger charge is -2.17. The highest BCUT2D eigenvalue weighted by Crippen LogP contribution is 2.18. The Morgan fingerprint density at radius 2 is 1.82 bits per heavy atom. The van der Waals surface area contributed by atoms with Crippen LogP contribution in [-0.4, -0.2) is 47.9 Å². The van der Waals surface area contributed by atoms with Gasteiger partial charge in [-0.2, -0.15) is 0 Å². The van der Waals surface area contributed by atoms with Gasteiger partial charge in [0.2, 0.25) is 0 Å². The number of likely N-dealkylation sites (N-methyl/N-ethyl adjacent to an activating group) is 1. The summed E-state index contributed by atoms with van der Waals surface area (Å²) >= 11 is 0. The van der Waals surface area contributed by atoms with Crippen LogP contribution in [-0.2, 0) is 6.42 Å². The number of carbonyl (C=O) groups is 1. The smallest absolute Gasteiger partial charge is 0.323 e. The minimum absolute atomic E-state index is 0.112. The van der Waals surface area contributed by atoms with E-state index in [-0.39, 0.29) is 11.5 Å². The second kappa shape index (κ2) is 9.37. The Bertz CT molecular complexity index is 990. The summed E-state index contributed by atoms with van der Waals surface area (Å²) in [6.45, 7) is 1.90. The maximum Gasteiger partial charge on any atom is 0.323 e. The van der Waals surface area contributed by atoms with E-state index in [1.807, 2.05) is 18.2 Å². The molecule has 6 nitrogen and oxygen atoms in total. The summed E-state index contributed by atoms with van der Waals surface area (Å²) in [6, 6.07) is 13.4. The number of rotatable bonds is 10. The average Bonchev–Trinajstić information content (AvgIpc) is 3.08. The summed E-state index contributed by atoms with van der Waals surface area (Å²) in [4.78, 5) is 31.4. The lowest BCUT2D eigenvalue weighted by molar-refractivity contribution is 0.0978. The minimum atomic E-state index is -0.254. The van der Waals surface area contributed by atoms with Gasteiger partial charge in [-0.15, -0.1) is 0 Å². The van der Waals surface area contributed by atoms with Crippen LogP contribution < -0.4 is 10.4 Å². The van der Waals surface area contributed by atoms with Gasteiger partial charge in [0.05, 0.1) is 18.1 Å². The zero-order valence-electron chi connectivity index (χ0n) is 16.5. The molecular weight excluding hydrogens is 354 g/mol. The third-order valence-electron chi connectivity index (χ3n) is 4.99. The second-order valence-electron chi connectivity index (χ2n) is 7.08. The number of methoxy groups -OCH3 is 1. The van der Waals surface area contributed by atoms with E-state index < -0.39 is 0 Å². The number of ketones is 1. The zero-order valence-corrected chi connectivity index (χ0v) is 16.5. The number of benzene rings is 2. The third kappa shape index (κ3) is 5.10. The van der Waals surface area contributed by atoms with Gasteiger partial charge < -0.3 is 19.6 Å². The largest absolute Gasteiger partial charge is 0.496 e. The molecule has 0 saturated heterocycles. The first-order chi connectivity index (χ1) is 13.6. The molecule has 3 rings (SSSR count).